The van der Waals surface area contributed by atoms with Crippen LogP contribution in [0.4, 0.5) is 0 Å². The van der Waals surface area contributed by atoms with Crippen LogP contribution in [-0.2, 0) is 16.0 Å². The Morgan fingerprint density at radius 3 is 2.21 bits per heavy atom. The van der Waals surface area contributed by atoms with Crippen molar-refractivity contribution < 1.29 is 14.3 Å². The second-order valence-corrected chi connectivity index (χ2v) is 5.41. The summed E-state index contributed by atoms with van der Waals surface area (Å²) in [6.45, 7) is 1.97. The van der Waals surface area contributed by atoms with Crippen molar-refractivity contribution >= 4 is 11.9 Å². The molecule has 2 aromatic rings. The number of rotatable bonds is 7. The number of esters is 1. The maximum absolute atomic E-state index is 12.4. The molecule has 0 aliphatic carbocycles. The summed E-state index contributed by atoms with van der Waals surface area (Å²) in [5.41, 5.74) is 7.53. The molecule has 2 unspecified atom stereocenters. The van der Waals surface area contributed by atoms with E-state index in [-0.39, 0.29) is 12.5 Å². The smallest absolute Gasteiger partial charge is 0.325 e. The van der Waals surface area contributed by atoms with Crippen LogP contribution in [0.25, 0.3) is 0 Å². The van der Waals surface area contributed by atoms with Gasteiger partial charge in [0.25, 0.3) is 5.91 Å². The quantitative estimate of drug-likeness (QED) is 0.762. The molecule has 0 saturated heterocycles. The van der Waals surface area contributed by atoms with Crippen LogP contribution in [0.3, 0.4) is 0 Å². The monoisotopic (exact) mass is 326 g/mol. The molecule has 0 fully saturated rings. The molecule has 0 bridgehead atoms. The Kier molecular flexibility index (Phi) is 6.51. The Morgan fingerprint density at radius 2 is 1.62 bits per heavy atom. The maximum atomic E-state index is 12.4. The van der Waals surface area contributed by atoms with Crippen LogP contribution in [0, 0.1) is 0 Å². The molecule has 24 heavy (non-hydrogen) atoms. The van der Waals surface area contributed by atoms with Gasteiger partial charge >= 0.3 is 5.97 Å². The zero-order valence-electron chi connectivity index (χ0n) is 13.6. The second kappa shape index (κ2) is 8.84. The molecule has 2 atom stereocenters. The molecule has 3 N–H and O–H groups in total. The van der Waals surface area contributed by atoms with Gasteiger partial charge in [0.15, 0.2) is 0 Å². The third kappa shape index (κ3) is 4.93. The highest BCUT2D eigenvalue weighted by molar-refractivity contribution is 5.94. The van der Waals surface area contributed by atoms with E-state index < -0.39 is 18.1 Å². The van der Waals surface area contributed by atoms with Gasteiger partial charge in [0.2, 0.25) is 0 Å². The van der Waals surface area contributed by atoms with Gasteiger partial charge in [-0.25, -0.2) is 0 Å². The van der Waals surface area contributed by atoms with Gasteiger partial charge in [-0.1, -0.05) is 48.5 Å². The van der Waals surface area contributed by atoms with Crippen LogP contribution in [0.5, 0.6) is 0 Å². The van der Waals surface area contributed by atoms with Crippen LogP contribution in [0.2, 0.25) is 0 Å². The molecule has 5 heteroatoms. The number of benzene rings is 2. The average Bonchev–Trinajstić information content (AvgIpc) is 2.62. The van der Waals surface area contributed by atoms with Crippen molar-refractivity contribution in [3.05, 3.63) is 71.8 Å². The Hall–Kier alpha value is -2.66. The Morgan fingerprint density at radius 1 is 1.04 bits per heavy atom. The van der Waals surface area contributed by atoms with Gasteiger partial charge in [0.1, 0.15) is 6.04 Å². The number of hydrogen-bond donors (Lipinski definition) is 2. The summed E-state index contributed by atoms with van der Waals surface area (Å²) in [4.78, 5) is 24.4. The summed E-state index contributed by atoms with van der Waals surface area (Å²) in [7, 11) is 0. The topological polar surface area (TPSA) is 81.4 Å². The summed E-state index contributed by atoms with van der Waals surface area (Å²) >= 11 is 0. The zero-order valence-corrected chi connectivity index (χ0v) is 13.6. The summed E-state index contributed by atoms with van der Waals surface area (Å²) in [5.74, 6) is -0.789. The van der Waals surface area contributed by atoms with Crippen LogP contribution >= 0.6 is 0 Å². The predicted octanol–water partition coefficient (Wildman–Crippen LogP) is 1.92. The van der Waals surface area contributed by atoms with E-state index in [9.17, 15) is 9.59 Å². The number of amides is 1. The summed E-state index contributed by atoms with van der Waals surface area (Å²) in [5, 5.41) is 2.86. The Balaban J connectivity index is 2.15. The van der Waals surface area contributed by atoms with Crippen LogP contribution < -0.4 is 11.1 Å². The number of hydrogen-bond acceptors (Lipinski definition) is 4. The zero-order chi connectivity index (χ0) is 17.4. The number of ether oxygens (including phenoxy) is 1. The number of carbonyl (C=O) groups excluding carboxylic acids is 2. The molecule has 0 aliphatic rings. The van der Waals surface area contributed by atoms with E-state index in [2.05, 4.69) is 5.32 Å². The maximum Gasteiger partial charge on any atom is 0.325 e. The van der Waals surface area contributed by atoms with Gasteiger partial charge in [0.05, 0.1) is 12.6 Å². The van der Waals surface area contributed by atoms with Gasteiger partial charge in [-0.05, 0) is 31.0 Å². The van der Waals surface area contributed by atoms with Gasteiger partial charge < -0.3 is 15.8 Å². The molecular formula is C19H22N2O3. The highest BCUT2D eigenvalue weighted by Gasteiger charge is 2.27. The second-order valence-electron chi connectivity index (χ2n) is 5.41. The fourth-order valence-corrected chi connectivity index (χ4v) is 2.38. The van der Waals surface area contributed by atoms with E-state index in [1.54, 1.807) is 31.2 Å². The van der Waals surface area contributed by atoms with Crippen LogP contribution in [0.1, 0.15) is 22.8 Å². The first kappa shape index (κ1) is 17.7. The lowest BCUT2D eigenvalue weighted by atomic mass is 9.99. The molecular weight excluding hydrogens is 304 g/mol. The third-order valence-corrected chi connectivity index (χ3v) is 3.64. The minimum atomic E-state index is -0.933. The van der Waals surface area contributed by atoms with Gasteiger partial charge in [-0.2, -0.15) is 0 Å². The molecule has 2 rings (SSSR count). The highest BCUT2D eigenvalue weighted by atomic mass is 16.5. The first-order valence-corrected chi connectivity index (χ1v) is 7.94. The summed E-state index contributed by atoms with van der Waals surface area (Å²) < 4.78 is 4.99. The average molecular weight is 326 g/mol. The van der Waals surface area contributed by atoms with Crippen molar-refractivity contribution in [2.24, 2.45) is 5.73 Å². The lowest BCUT2D eigenvalue weighted by Crippen LogP contribution is -2.53. The normalized spacial score (nSPS) is 12.9. The summed E-state index contributed by atoms with van der Waals surface area (Å²) in [6.07, 6.45) is 0.444. The van der Waals surface area contributed by atoms with Gasteiger partial charge in [-0.15, -0.1) is 0 Å². The minimum Gasteiger partial charge on any atom is -0.465 e. The Bertz CT molecular complexity index is 659. The van der Waals surface area contributed by atoms with E-state index in [1.165, 1.54) is 0 Å². The lowest BCUT2D eigenvalue weighted by molar-refractivity contribution is -0.145. The first-order valence-electron chi connectivity index (χ1n) is 7.94. The fraction of sp³-hybridized carbons (Fsp3) is 0.263. The van der Waals surface area contributed by atoms with Crippen LogP contribution in [-0.4, -0.2) is 30.6 Å². The molecule has 0 aliphatic heterocycles. The van der Waals surface area contributed by atoms with Gasteiger partial charge in [-0.3, -0.25) is 9.59 Å². The Labute approximate surface area is 141 Å². The van der Waals surface area contributed by atoms with Crippen molar-refractivity contribution in [1.29, 1.82) is 0 Å². The molecule has 0 heterocycles. The van der Waals surface area contributed by atoms with Crippen molar-refractivity contribution in [3.63, 3.8) is 0 Å². The van der Waals surface area contributed by atoms with E-state index in [1.807, 2.05) is 36.4 Å². The number of carbonyl (C=O) groups is 2. The van der Waals surface area contributed by atoms with Crippen molar-refractivity contribution in [3.8, 4) is 0 Å². The molecule has 0 radical (unpaired) electrons. The lowest BCUT2D eigenvalue weighted by Gasteiger charge is -2.24. The van der Waals surface area contributed by atoms with Crippen molar-refractivity contribution in [1.82, 2.24) is 5.32 Å². The molecule has 2 aromatic carbocycles. The van der Waals surface area contributed by atoms with E-state index >= 15 is 0 Å². The van der Waals surface area contributed by atoms with Crippen LogP contribution in [0.15, 0.2) is 60.7 Å². The van der Waals surface area contributed by atoms with Crippen molar-refractivity contribution in [2.75, 3.05) is 6.61 Å². The molecule has 0 aromatic heterocycles. The van der Waals surface area contributed by atoms with Gasteiger partial charge in [0, 0.05) is 5.56 Å². The predicted molar refractivity (Wildman–Crippen MR) is 92.5 cm³/mol. The van der Waals surface area contributed by atoms with Crippen molar-refractivity contribution in [2.45, 2.75) is 25.4 Å². The molecule has 1 amide bonds. The third-order valence-electron chi connectivity index (χ3n) is 3.64. The number of nitrogens with one attached hydrogen (secondary N) is 1. The molecule has 126 valence electrons. The molecule has 0 spiro atoms. The standard InChI is InChI=1S/C19H22N2O3/c1-2-24-19(23)17(20)16(13-14-9-5-3-6-10-14)21-18(22)15-11-7-4-8-12-15/h3-12,16-17H,2,13,20H2,1H3,(H,21,22). The SMILES string of the molecule is CCOC(=O)C(N)C(Cc1ccccc1)NC(=O)c1ccccc1. The van der Waals surface area contributed by atoms with E-state index in [0.29, 0.717) is 12.0 Å². The molecule has 5 nitrogen and oxygen atoms in total. The number of nitrogens with two attached hydrogens (primary N) is 1. The van der Waals surface area contributed by atoms with E-state index in [4.69, 9.17) is 10.5 Å². The largest absolute Gasteiger partial charge is 0.465 e. The minimum absolute atomic E-state index is 0.247. The molecule has 0 saturated carbocycles. The fourth-order valence-electron chi connectivity index (χ4n) is 2.38. The highest BCUT2D eigenvalue weighted by Crippen LogP contribution is 2.08. The van der Waals surface area contributed by atoms with E-state index in [0.717, 1.165) is 5.56 Å². The summed E-state index contributed by atoms with van der Waals surface area (Å²) in [6, 6.07) is 16.9. The first-order chi connectivity index (χ1) is 11.6.